The first kappa shape index (κ1) is 9.67. The molecule has 0 fully saturated rings. The SMILES string of the molecule is COc1cccc2ncn(CN)c(=O)c12. The number of benzene rings is 1. The van der Waals surface area contributed by atoms with Crippen molar-refractivity contribution in [2.75, 3.05) is 7.11 Å². The maximum absolute atomic E-state index is 11.9. The predicted octanol–water partition coefficient (Wildman–Crippen LogP) is 0.321. The average molecular weight is 205 g/mol. The van der Waals surface area contributed by atoms with Crippen molar-refractivity contribution in [3.8, 4) is 5.75 Å². The van der Waals surface area contributed by atoms with Crippen LogP contribution in [0.25, 0.3) is 10.9 Å². The number of ether oxygens (including phenoxy) is 1. The molecule has 0 atom stereocenters. The van der Waals surface area contributed by atoms with E-state index in [-0.39, 0.29) is 12.2 Å². The Morgan fingerprint density at radius 3 is 3.00 bits per heavy atom. The molecule has 0 radical (unpaired) electrons. The van der Waals surface area contributed by atoms with Gasteiger partial charge in [-0.1, -0.05) is 6.07 Å². The Morgan fingerprint density at radius 1 is 1.53 bits per heavy atom. The van der Waals surface area contributed by atoms with E-state index in [1.807, 2.05) is 0 Å². The minimum atomic E-state index is -0.181. The molecule has 78 valence electrons. The largest absolute Gasteiger partial charge is 0.496 e. The Balaban J connectivity index is 2.89. The molecular weight excluding hydrogens is 194 g/mol. The Morgan fingerprint density at radius 2 is 2.33 bits per heavy atom. The van der Waals surface area contributed by atoms with Crippen LogP contribution in [-0.2, 0) is 6.67 Å². The fourth-order valence-corrected chi connectivity index (χ4v) is 1.47. The summed E-state index contributed by atoms with van der Waals surface area (Å²) in [4.78, 5) is 16.0. The normalized spacial score (nSPS) is 10.5. The lowest BCUT2D eigenvalue weighted by Gasteiger charge is -2.06. The second kappa shape index (κ2) is 3.70. The van der Waals surface area contributed by atoms with E-state index in [2.05, 4.69) is 4.98 Å². The van der Waals surface area contributed by atoms with E-state index in [1.54, 1.807) is 18.2 Å². The summed E-state index contributed by atoms with van der Waals surface area (Å²) in [7, 11) is 1.52. The molecular formula is C10H11N3O2. The van der Waals surface area contributed by atoms with Gasteiger partial charge in [0.05, 0.1) is 25.6 Å². The molecule has 0 saturated carbocycles. The predicted molar refractivity (Wildman–Crippen MR) is 56.7 cm³/mol. The van der Waals surface area contributed by atoms with E-state index in [0.717, 1.165) is 0 Å². The van der Waals surface area contributed by atoms with Crippen molar-refractivity contribution in [3.05, 3.63) is 34.9 Å². The molecule has 0 bridgehead atoms. The molecule has 0 saturated heterocycles. The van der Waals surface area contributed by atoms with Gasteiger partial charge in [-0.05, 0) is 12.1 Å². The number of nitrogens with zero attached hydrogens (tertiary/aromatic N) is 2. The number of methoxy groups -OCH3 is 1. The third kappa shape index (κ3) is 1.46. The summed E-state index contributed by atoms with van der Waals surface area (Å²) in [5, 5.41) is 0.466. The van der Waals surface area contributed by atoms with E-state index >= 15 is 0 Å². The fraction of sp³-hybridized carbons (Fsp3) is 0.200. The maximum atomic E-state index is 11.9. The number of aromatic nitrogens is 2. The van der Waals surface area contributed by atoms with Crippen LogP contribution in [0.15, 0.2) is 29.3 Å². The smallest absolute Gasteiger partial charge is 0.266 e. The summed E-state index contributed by atoms with van der Waals surface area (Å²) < 4.78 is 6.45. The number of rotatable bonds is 2. The van der Waals surface area contributed by atoms with E-state index in [1.165, 1.54) is 18.0 Å². The minimum Gasteiger partial charge on any atom is -0.496 e. The number of fused-ring (bicyclic) bond motifs is 1. The molecule has 1 aromatic carbocycles. The highest BCUT2D eigenvalue weighted by Gasteiger charge is 2.07. The Hall–Kier alpha value is -1.88. The summed E-state index contributed by atoms with van der Waals surface area (Å²) in [6.07, 6.45) is 1.43. The topological polar surface area (TPSA) is 70.1 Å². The first-order chi connectivity index (χ1) is 7.27. The van der Waals surface area contributed by atoms with Crippen LogP contribution < -0.4 is 16.0 Å². The first-order valence-electron chi connectivity index (χ1n) is 4.50. The van der Waals surface area contributed by atoms with Crippen LogP contribution in [0.2, 0.25) is 0 Å². The van der Waals surface area contributed by atoms with Crippen molar-refractivity contribution < 1.29 is 4.74 Å². The standard InChI is InChI=1S/C10H11N3O2/c1-15-8-4-2-3-7-9(8)10(14)13(5-11)6-12-7/h2-4,6H,5,11H2,1H3. The third-order valence-electron chi connectivity index (χ3n) is 2.23. The molecule has 2 N–H and O–H groups in total. The van der Waals surface area contributed by atoms with E-state index < -0.39 is 0 Å². The molecule has 0 unspecified atom stereocenters. The van der Waals surface area contributed by atoms with Gasteiger partial charge in [-0.2, -0.15) is 0 Å². The zero-order valence-electron chi connectivity index (χ0n) is 8.30. The van der Waals surface area contributed by atoms with Crippen LogP contribution in [0, 0.1) is 0 Å². The van der Waals surface area contributed by atoms with E-state index in [4.69, 9.17) is 10.5 Å². The second-order valence-corrected chi connectivity index (χ2v) is 3.06. The molecule has 0 aliphatic carbocycles. The summed E-state index contributed by atoms with van der Waals surface area (Å²) in [5.41, 5.74) is 5.85. The number of hydrogen-bond acceptors (Lipinski definition) is 4. The monoisotopic (exact) mass is 205 g/mol. The second-order valence-electron chi connectivity index (χ2n) is 3.06. The van der Waals surface area contributed by atoms with Crippen LogP contribution in [0.4, 0.5) is 0 Å². The molecule has 0 spiro atoms. The van der Waals surface area contributed by atoms with E-state index in [0.29, 0.717) is 16.7 Å². The van der Waals surface area contributed by atoms with Crippen LogP contribution in [0.1, 0.15) is 0 Å². The van der Waals surface area contributed by atoms with Crippen molar-refractivity contribution in [2.24, 2.45) is 5.73 Å². The molecule has 2 aromatic rings. The Labute approximate surface area is 86.1 Å². The Kier molecular flexibility index (Phi) is 2.39. The lowest BCUT2D eigenvalue weighted by molar-refractivity contribution is 0.419. The lowest BCUT2D eigenvalue weighted by atomic mass is 10.2. The van der Waals surface area contributed by atoms with Gasteiger partial charge in [-0.25, -0.2) is 4.98 Å². The molecule has 0 aliphatic heterocycles. The quantitative estimate of drug-likeness (QED) is 0.766. The molecule has 15 heavy (non-hydrogen) atoms. The highest BCUT2D eigenvalue weighted by atomic mass is 16.5. The van der Waals surface area contributed by atoms with Gasteiger partial charge in [0.1, 0.15) is 11.1 Å². The van der Waals surface area contributed by atoms with Crippen LogP contribution in [0.3, 0.4) is 0 Å². The molecule has 0 aliphatic rings. The minimum absolute atomic E-state index is 0.111. The van der Waals surface area contributed by atoms with Crippen LogP contribution in [-0.4, -0.2) is 16.7 Å². The van der Waals surface area contributed by atoms with E-state index in [9.17, 15) is 4.79 Å². The molecule has 2 rings (SSSR count). The third-order valence-corrected chi connectivity index (χ3v) is 2.23. The van der Waals surface area contributed by atoms with Crippen molar-refractivity contribution >= 4 is 10.9 Å². The van der Waals surface area contributed by atoms with Gasteiger partial charge in [0.25, 0.3) is 5.56 Å². The Bertz CT molecular complexity index is 548. The number of nitrogens with two attached hydrogens (primary N) is 1. The molecule has 0 amide bonds. The van der Waals surface area contributed by atoms with Gasteiger partial charge >= 0.3 is 0 Å². The summed E-state index contributed by atoms with van der Waals surface area (Å²) in [5.74, 6) is 0.521. The highest BCUT2D eigenvalue weighted by molar-refractivity contribution is 5.83. The lowest BCUT2D eigenvalue weighted by Crippen LogP contribution is -2.24. The van der Waals surface area contributed by atoms with Gasteiger partial charge in [-0.3, -0.25) is 9.36 Å². The molecule has 5 nitrogen and oxygen atoms in total. The van der Waals surface area contributed by atoms with Gasteiger partial charge < -0.3 is 10.5 Å². The molecule has 1 aromatic heterocycles. The highest BCUT2D eigenvalue weighted by Crippen LogP contribution is 2.19. The van der Waals surface area contributed by atoms with Crippen molar-refractivity contribution in [2.45, 2.75) is 6.67 Å². The fourth-order valence-electron chi connectivity index (χ4n) is 1.47. The first-order valence-corrected chi connectivity index (χ1v) is 4.50. The van der Waals surface area contributed by atoms with Crippen LogP contribution in [0.5, 0.6) is 5.75 Å². The van der Waals surface area contributed by atoms with Gasteiger partial charge in [0.2, 0.25) is 0 Å². The zero-order valence-corrected chi connectivity index (χ0v) is 8.30. The molecule has 5 heteroatoms. The summed E-state index contributed by atoms with van der Waals surface area (Å²) in [6.45, 7) is 0.111. The summed E-state index contributed by atoms with van der Waals surface area (Å²) >= 11 is 0. The summed E-state index contributed by atoms with van der Waals surface area (Å²) in [6, 6.07) is 5.28. The number of hydrogen-bond donors (Lipinski definition) is 1. The maximum Gasteiger partial charge on any atom is 0.266 e. The van der Waals surface area contributed by atoms with Gasteiger partial charge in [0.15, 0.2) is 0 Å². The van der Waals surface area contributed by atoms with Crippen molar-refractivity contribution in [1.82, 2.24) is 9.55 Å². The van der Waals surface area contributed by atoms with Crippen LogP contribution >= 0.6 is 0 Å². The average Bonchev–Trinajstić information content (AvgIpc) is 2.29. The van der Waals surface area contributed by atoms with Gasteiger partial charge in [0, 0.05) is 0 Å². The van der Waals surface area contributed by atoms with Crippen molar-refractivity contribution in [3.63, 3.8) is 0 Å². The van der Waals surface area contributed by atoms with Crippen molar-refractivity contribution in [1.29, 1.82) is 0 Å². The van der Waals surface area contributed by atoms with Gasteiger partial charge in [-0.15, -0.1) is 0 Å². The zero-order chi connectivity index (χ0) is 10.8. The molecule has 1 heterocycles.